The highest BCUT2D eigenvalue weighted by atomic mass is 16.2. The lowest BCUT2D eigenvalue weighted by Gasteiger charge is -2.18. The molecular formula is C20H22N4O3. The Morgan fingerprint density at radius 1 is 0.926 bits per heavy atom. The van der Waals surface area contributed by atoms with Crippen molar-refractivity contribution in [3.05, 3.63) is 66.2 Å². The van der Waals surface area contributed by atoms with Crippen LogP contribution < -0.4 is 21.3 Å². The molecule has 0 aliphatic heterocycles. The van der Waals surface area contributed by atoms with Crippen molar-refractivity contribution in [1.82, 2.24) is 16.0 Å². The standard InChI is InChI=1S/C20H22N4O3/c25-17(24-20(27)23-16-11-12-16)13-21-18(14-7-3-1-4-8-14)19(26)22-15-9-5-2-6-10-15/h1-10,16,18,21H,11-13H2,(H,22,26)(H2,23,24,25,27)/t18-/m1/s1. The van der Waals surface area contributed by atoms with Gasteiger partial charge in [0.15, 0.2) is 0 Å². The zero-order chi connectivity index (χ0) is 19.1. The Balaban J connectivity index is 1.60. The van der Waals surface area contributed by atoms with Crippen molar-refractivity contribution in [3.63, 3.8) is 0 Å². The van der Waals surface area contributed by atoms with Gasteiger partial charge in [0.05, 0.1) is 6.54 Å². The van der Waals surface area contributed by atoms with E-state index in [0.717, 1.165) is 18.4 Å². The number of amides is 4. The summed E-state index contributed by atoms with van der Waals surface area (Å²) >= 11 is 0. The smallest absolute Gasteiger partial charge is 0.321 e. The van der Waals surface area contributed by atoms with Crippen molar-refractivity contribution in [2.45, 2.75) is 24.9 Å². The van der Waals surface area contributed by atoms with Gasteiger partial charge >= 0.3 is 6.03 Å². The Kier molecular flexibility index (Phi) is 6.17. The Morgan fingerprint density at radius 3 is 2.19 bits per heavy atom. The van der Waals surface area contributed by atoms with Gasteiger partial charge in [-0.15, -0.1) is 0 Å². The second kappa shape index (κ2) is 8.95. The van der Waals surface area contributed by atoms with E-state index in [0.29, 0.717) is 5.69 Å². The maximum Gasteiger partial charge on any atom is 0.321 e. The molecule has 3 rings (SSSR count). The molecule has 2 aromatic rings. The van der Waals surface area contributed by atoms with E-state index in [9.17, 15) is 14.4 Å². The predicted octanol–water partition coefficient (Wildman–Crippen LogP) is 1.94. The minimum atomic E-state index is -0.733. The van der Waals surface area contributed by atoms with Gasteiger partial charge < -0.3 is 10.6 Å². The van der Waals surface area contributed by atoms with Crippen LogP contribution in [0.5, 0.6) is 0 Å². The van der Waals surface area contributed by atoms with E-state index < -0.39 is 18.0 Å². The number of nitrogens with one attached hydrogen (secondary N) is 4. The molecule has 7 nitrogen and oxygen atoms in total. The zero-order valence-electron chi connectivity index (χ0n) is 14.8. The third-order valence-electron chi connectivity index (χ3n) is 4.07. The van der Waals surface area contributed by atoms with E-state index >= 15 is 0 Å². The van der Waals surface area contributed by atoms with Crippen molar-refractivity contribution in [2.24, 2.45) is 0 Å². The summed E-state index contributed by atoms with van der Waals surface area (Å²) in [5.74, 6) is -0.788. The number of urea groups is 1. The van der Waals surface area contributed by atoms with Crippen molar-refractivity contribution in [3.8, 4) is 0 Å². The molecule has 1 aliphatic rings. The van der Waals surface area contributed by atoms with Crippen LogP contribution in [0.2, 0.25) is 0 Å². The average molecular weight is 366 g/mol. The van der Waals surface area contributed by atoms with Gasteiger partial charge in [-0.2, -0.15) is 0 Å². The van der Waals surface area contributed by atoms with E-state index in [1.165, 1.54) is 0 Å². The molecule has 0 unspecified atom stereocenters. The van der Waals surface area contributed by atoms with Crippen molar-refractivity contribution >= 4 is 23.5 Å². The summed E-state index contributed by atoms with van der Waals surface area (Å²) in [6.07, 6.45) is 1.88. The summed E-state index contributed by atoms with van der Waals surface area (Å²) in [5, 5.41) is 10.7. The molecule has 0 saturated heterocycles. The third-order valence-corrected chi connectivity index (χ3v) is 4.07. The number of rotatable bonds is 7. The van der Waals surface area contributed by atoms with E-state index in [4.69, 9.17) is 0 Å². The molecule has 2 aromatic carbocycles. The van der Waals surface area contributed by atoms with Crippen LogP contribution in [0.1, 0.15) is 24.4 Å². The van der Waals surface area contributed by atoms with Crippen molar-refractivity contribution in [1.29, 1.82) is 0 Å². The largest absolute Gasteiger partial charge is 0.335 e. The first-order valence-electron chi connectivity index (χ1n) is 8.86. The van der Waals surface area contributed by atoms with Crippen LogP contribution in [-0.4, -0.2) is 30.4 Å². The summed E-state index contributed by atoms with van der Waals surface area (Å²) in [6, 6.07) is 17.1. The molecule has 4 amide bonds. The molecule has 7 heteroatoms. The predicted molar refractivity (Wildman–Crippen MR) is 102 cm³/mol. The van der Waals surface area contributed by atoms with E-state index in [2.05, 4.69) is 21.3 Å². The number of hydrogen-bond donors (Lipinski definition) is 4. The van der Waals surface area contributed by atoms with E-state index in [1.54, 1.807) is 24.3 Å². The number of hydrogen-bond acceptors (Lipinski definition) is 4. The lowest BCUT2D eigenvalue weighted by Crippen LogP contribution is -2.45. The molecule has 1 fully saturated rings. The van der Waals surface area contributed by atoms with E-state index in [-0.39, 0.29) is 18.5 Å². The van der Waals surface area contributed by atoms with E-state index in [1.807, 2.05) is 36.4 Å². The summed E-state index contributed by atoms with van der Waals surface area (Å²) in [7, 11) is 0. The number of carbonyl (C=O) groups excluding carboxylic acids is 3. The second-order valence-electron chi connectivity index (χ2n) is 6.38. The van der Waals surface area contributed by atoms with Crippen LogP contribution in [-0.2, 0) is 9.59 Å². The highest BCUT2D eigenvalue weighted by Gasteiger charge is 2.25. The van der Waals surface area contributed by atoms with Crippen molar-refractivity contribution in [2.75, 3.05) is 11.9 Å². The Bertz CT molecular complexity index is 791. The SMILES string of the molecule is O=C(CN[C@@H](C(=O)Nc1ccccc1)c1ccccc1)NC(=O)NC1CC1. The van der Waals surface area contributed by atoms with Crippen LogP contribution >= 0.6 is 0 Å². The fourth-order valence-corrected chi connectivity index (χ4v) is 2.56. The first-order chi connectivity index (χ1) is 13.1. The molecule has 4 N–H and O–H groups in total. The number of para-hydroxylation sites is 1. The van der Waals surface area contributed by atoms with Gasteiger partial charge in [-0.3, -0.25) is 20.2 Å². The number of imide groups is 1. The van der Waals surface area contributed by atoms with Gasteiger partial charge in [-0.25, -0.2) is 4.79 Å². The van der Waals surface area contributed by atoms with Gasteiger partial charge in [0.1, 0.15) is 6.04 Å². The van der Waals surface area contributed by atoms with Gasteiger partial charge in [0.2, 0.25) is 11.8 Å². The molecule has 0 heterocycles. The minimum Gasteiger partial charge on any atom is -0.335 e. The average Bonchev–Trinajstić information content (AvgIpc) is 3.47. The summed E-state index contributed by atoms with van der Waals surface area (Å²) in [6.45, 7) is -0.167. The van der Waals surface area contributed by atoms with Gasteiger partial charge in [-0.05, 0) is 30.5 Å². The summed E-state index contributed by atoms with van der Waals surface area (Å²) in [4.78, 5) is 36.4. The van der Waals surface area contributed by atoms with Gasteiger partial charge in [0, 0.05) is 11.7 Å². The molecule has 0 spiro atoms. The maximum absolute atomic E-state index is 12.7. The zero-order valence-corrected chi connectivity index (χ0v) is 14.8. The monoisotopic (exact) mass is 366 g/mol. The molecule has 1 atom stereocenters. The Labute approximate surface area is 157 Å². The highest BCUT2D eigenvalue weighted by Crippen LogP contribution is 2.18. The third kappa shape index (κ3) is 5.93. The van der Waals surface area contributed by atoms with Crippen LogP contribution in [0.25, 0.3) is 0 Å². The molecule has 0 aromatic heterocycles. The quantitative estimate of drug-likeness (QED) is 0.602. The fourth-order valence-electron chi connectivity index (χ4n) is 2.56. The Morgan fingerprint density at radius 2 is 1.56 bits per heavy atom. The summed E-state index contributed by atoms with van der Waals surface area (Å²) < 4.78 is 0. The number of carbonyl (C=O) groups is 3. The lowest BCUT2D eigenvalue weighted by molar-refractivity contribution is -0.120. The van der Waals surface area contributed by atoms with Crippen LogP contribution in [0, 0.1) is 0 Å². The van der Waals surface area contributed by atoms with Gasteiger partial charge in [-0.1, -0.05) is 48.5 Å². The van der Waals surface area contributed by atoms with Crippen LogP contribution in [0.3, 0.4) is 0 Å². The lowest BCUT2D eigenvalue weighted by atomic mass is 10.1. The summed E-state index contributed by atoms with van der Waals surface area (Å²) in [5.41, 5.74) is 1.39. The normalized spacial score (nSPS) is 14.1. The molecule has 0 radical (unpaired) electrons. The highest BCUT2D eigenvalue weighted by molar-refractivity contribution is 5.97. The number of anilines is 1. The topological polar surface area (TPSA) is 99.3 Å². The minimum absolute atomic E-state index is 0.166. The molecular weight excluding hydrogens is 344 g/mol. The molecule has 0 bridgehead atoms. The van der Waals surface area contributed by atoms with Crippen molar-refractivity contribution < 1.29 is 14.4 Å². The first kappa shape index (κ1) is 18.6. The molecule has 27 heavy (non-hydrogen) atoms. The van der Waals surface area contributed by atoms with Crippen LogP contribution in [0.4, 0.5) is 10.5 Å². The molecule has 140 valence electrons. The fraction of sp³-hybridized carbons (Fsp3) is 0.250. The number of benzene rings is 2. The van der Waals surface area contributed by atoms with Crippen LogP contribution in [0.15, 0.2) is 60.7 Å². The molecule has 1 aliphatic carbocycles. The first-order valence-corrected chi connectivity index (χ1v) is 8.86. The molecule has 1 saturated carbocycles. The maximum atomic E-state index is 12.7. The second-order valence-corrected chi connectivity index (χ2v) is 6.38. The van der Waals surface area contributed by atoms with Gasteiger partial charge in [0.25, 0.3) is 0 Å². The Hall–Kier alpha value is -3.19.